The molecule has 0 heterocycles. The summed E-state index contributed by atoms with van der Waals surface area (Å²) >= 11 is 0. The maximum atomic E-state index is 5.58. The summed E-state index contributed by atoms with van der Waals surface area (Å²) in [5.74, 6) is 9.19. The van der Waals surface area contributed by atoms with Crippen molar-refractivity contribution in [2.24, 2.45) is 5.92 Å². The van der Waals surface area contributed by atoms with E-state index in [0.29, 0.717) is 6.61 Å². The average molecular weight is 369 g/mol. The molecule has 0 aromatic heterocycles. The molecule has 0 aliphatic heterocycles. The highest BCUT2D eigenvalue weighted by Gasteiger charge is 2.19. The van der Waals surface area contributed by atoms with Crippen LogP contribution in [0.25, 0.3) is 10.8 Å². The van der Waals surface area contributed by atoms with Gasteiger partial charge in [-0.2, -0.15) is 0 Å². The Hall–Kier alpha value is -2.72. The van der Waals surface area contributed by atoms with E-state index in [1.54, 1.807) is 0 Å². The van der Waals surface area contributed by atoms with Gasteiger partial charge < -0.3 is 4.74 Å². The van der Waals surface area contributed by atoms with Crippen molar-refractivity contribution in [3.8, 4) is 17.6 Å². The van der Waals surface area contributed by atoms with E-state index in [2.05, 4.69) is 73.4 Å². The van der Waals surface area contributed by atoms with Gasteiger partial charge in [-0.05, 0) is 84.3 Å². The Balaban J connectivity index is 1.48. The van der Waals surface area contributed by atoms with Crippen molar-refractivity contribution in [3.63, 3.8) is 0 Å². The summed E-state index contributed by atoms with van der Waals surface area (Å²) in [6.07, 6.45) is 5.38. The molecular formula is C27H28O. The minimum absolute atomic E-state index is 0.688. The predicted molar refractivity (Wildman–Crippen MR) is 118 cm³/mol. The van der Waals surface area contributed by atoms with Gasteiger partial charge in [0.1, 0.15) is 5.75 Å². The maximum absolute atomic E-state index is 5.58. The average Bonchev–Trinajstić information content (AvgIpc) is 2.73. The Labute approximate surface area is 168 Å². The lowest BCUT2D eigenvalue weighted by Gasteiger charge is -2.26. The van der Waals surface area contributed by atoms with Crippen molar-refractivity contribution in [1.82, 2.24) is 0 Å². The van der Waals surface area contributed by atoms with E-state index < -0.39 is 0 Å². The normalized spacial score (nSPS) is 19.1. The van der Waals surface area contributed by atoms with Gasteiger partial charge >= 0.3 is 0 Å². The predicted octanol–water partition coefficient (Wildman–Crippen LogP) is 6.93. The molecule has 1 heteroatoms. The minimum atomic E-state index is 0.688. The molecule has 0 atom stereocenters. The topological polar surface area (TPSA) is 9.23 Å². The minimum Gasteiger partial charge on any atom is -0.494 e. The Morgan fingerprint density at radius 1 is 0.786 bits per heavy atom. The molecule has 0 amide bonds. The Morgan fingerprint density at radius 2 is 1.43 bits per heavy atom. The van der Waals surface area contributed by atoms with Crippen LogP contribution in [0.4, 0.5) is 0 Å². The molecule has 1 saturated carbocycles. The number of rotatable bonds is 3. The largest absolute Gasteiger partial charge is 0.494 e. The van der Waals surface area contributed by atoms with Gasteiger partial charge in [-0.1, -0.05) is 55.9 Å². The van der Waals surface area contributed by atoms with E-state index in [0.717, 1.165) is 28.7 Å². The summed E-state index contributed by atoms with van der Waals surface area (Å²) in [6, 6.07) is 21.5. The second-order valence-corrected chi connectivity index (χ2v) is 7.99. The van der Waals surface area contributed by atoms with Crippen molar-refractivity contribution in [3.05, 3.63) is 77.4 Å². The molecule has 142 valence electrons. The van der Waals surface area contributed by atoms with Gasteiger partial charge in [0.15, 0.2) is 0 Å². The molecule has 0 unspecified atom stereocenters. The van der Waals surface area contributed by atoms with Crippen LogP contribution < -0.4 is 4.74 Å². The van der Waals surface area contributed by atoms with Crippen LogP contribution in [0.15, 0.2) is 60.7 Å². The quantitative estimate of drug-likeness (QED) is 0.455. The van der Waals surface area contributed by atoms with Crippen molar-refractivity contribution >= 4 is 10.8 Å². The zero-order valence-electron chi connectivity index (χ0n) is 16.9. The van der Waals surface area contributed by atoms with Crippen LogP contribution >= 0.6 is 0 Å². The molecule has 28 heavy (non-hydrogen) atoms. The molecule has 0 N–H and O–H groups in total. The van der Waals surface area contributed by atoms with Crippen molar-refractivity contribution in [1.29, 1.82) is 0 Å². The Bertz CT molecular complexity index is 996. The zero-order valence-corrected chi connectivity index (χ0v) is 16.9. The second kappa shape index (κ2) is 8.53. The maximum Gasteiger partial charge on any atom is 0.119 e. The van der Waals surface area contributed by atoms with Crippen LogP contribution in [0.2, 0.25) is 0 Å². The van der Waals surface area contributed by atoms with Gasteiger partial charge in [-0.3, -0.25) is 0 Å². The number of hydrogen-bond acceptors (Lipinski definition) is 1. The molecule has 0 spiro atoms. The molecular weight excluding hydrogens is 340 g/mol. The zero-order chi connectivity index (χ0) is 19.3. The number of fused-ring (bicyclic) bond motifs is 1. The molecule has 0 saturated heterocycles. The number of hydrogen-bond donors (Lipinski definition) is 0. The van der Waals surface area contributed by atoms with E-state index in [1.807, 2.05) is 13.0 Å². The van der Waals surface area contributed by atoms with Gasteiger partial charge in [0.25, 0.3) is 0 Å². The van der Waals surface area contributed by atoms with Crippen LogP contribution in [-0.2, 0) is 0 Å². The molecule has 3 aromatic rings. The number of benzene rings is 3. The standard InChI is InChI=1S/C27H28O/c1-3-28-27-17-16-25-18-22(10-15-26(25)19-27)7-6-21-8-13-24(14-9-21)23-11-4-20(2)5-12-23/h8-10,13-20,23H,3-5,11-12H2,1-2H3. The molecule has 3 aromatic carbocycles. The lowest BCUT2D eigenvalue weighted by atomic mass is 9.79. The summed E-state index contributed by atoms with van der Waals surface area (Å²) in [7, 11) is 0. The van der Waals surface area contributed by atoms with Crippen LogP contribution in [0.1, 0.15) is 62.1 Å². The highest BCUT2D eigenvalue weighted by Crippen LogP contribution is 2.35. The van der Waals surface area contributed by atoms with Gasteiger partial charge in [0.2, 0.25) is 0 Å². The van der Waals surface area contributed by atoms with E-state index in [9.17, 15) is 0 Å². The summed E-state index contributed by atoms with van der Waals surface area (Å²) in [5, 5.41) is 2.37. The van der Waals surface area contributed by atoms with Crippen LogP contribution in [0.3, 0.4) is 0 Å². The van der Waals surface area contributed by atoms with Gasteiger partial charge in [-0.25, -0.2) is 0 Å². The smallest absolute Gasteiger partial charge is 0.119 e. The van der Waals surface area contributed by atoms with Crippen molar-refractivity contribution in [2.45, 2.75) is 45.4 Å². The lowest BCUT2D eigenvalue weighted by molar-refractivity contribution is 0.341. The van der Waals surface area contributed by atoms with Crippen LogP contribution in [0.5, 0.6) is 5.75 Å². The van der Waals surface area contributed by atoms with E-state index >= 15 is 0 Å². The van der Waals surface area contributed by atoms with Crippen molar-refractivity contribution < 1.29 is 4.74 Å². The van der Waals surface area contributed by atoms with Crippen LogP contribution in [0, 0.1) is 17.8 Å². The fourth-order valence-electron chi connectivity index (χ4n) is 4.13. The van der Waals surface area contributed by atoms with Crippen LogP contribution in [-0.4, -0.2) is 6.61 Å². The second-order valence-electron chi connectivity index (χ2n) is 7.99. The summed E-state index contributed by atoms with van der Waals surface area (Å²) in [5.41, 5.74) is 3.61. The first-order valence-electron chi connectivity index (χ1n) is 10.5. The lowest BCUT2D eigenvalue weighted by Crippen LogP contribution is -2.10. The molecule has 1 nitrogen and oxygen atoms in total. The van der Waals surface area contributed by atoms with Gasteiger partial charge in [-0.15, -0.1) is 0 Å². The van der Waals surface area contributed by atoms with E-state index in [4.69, 9.17) is 4.74 Å². The molecule has 0 bridgehead atoms. The van der Waals surface area contributed by atoms with Gasteiger partial charge in [0.05, 0.1) is 6.61 Å². The van der Waals surface area contributed by atoms with E-state index in [-0.39, 0.29) is 0 Å². The summed E-state index contributed by atoms with van der Waals surface area (Å²) < 4.78 is 5.58. The highest BCUT2D eigenvalue weighted by molar-refractivity contribution is 5.85. The summed E-state index contributed by atoms with van der Waals surface area (Å²) in [4.78, 5) is 0. The Morgan fingerprint density at radius 3 is 2.18 bits per heavy atom. The third-order valence-electron chi connectivity index (χ3n) is 5.87. The first-order chi connectivity index (χ1) is 13.7. The van der Waals surface area contributed by atoms with Crippen molar-refractivity contribution in [2.75, 3.05) is 6.61 Å². The third kappa shape index (κ3) is 4.39. The molecule has 4 rings (SSSR count). The first kappa shape index (κ1) is 18.6. The molecule has 1 aliphatic rings. The first-order valence-corrected chi connectivity index (χ1v) is 10.5. The molecule has 1 aliphatic carbocycles. The summed E-state index contributed by atoms with van der Waals surface area (Å²) in [6.45, 7) is 5.07. The van der Waals surface area contributed by atoms with E-state index in [1.165, 1.54) is 42.0 Å². The Kier molecular flexibility index (Phi) is 5.68. The van der Waals surface area contributed by atoms with Gasteiger partial charge in [0, 0.05) is 11.1 Å². The fraction of sp³-hybridized carbons (Fsp3) is 0.333. The molecule has 1 fully saturated rings. The SMILES string of the molecule is CCOc1ccc2cc(C#Cc3ccc(C4CCC(C)CC4)cc3)ccc2c1. The third-order valence-corrected chi connectivity index (χ3v) is 5.87. The highest BCUT2D eigenvalue weighted by atomic mass is 16.5. The fourth-order valence-corrected chi connectivity index (χ4v) is 4.13. The molecule has 0 radical (unpaired) electrons. The number of ether oxygens (including phenoxy) is 1. The monoisotopic (exact) mass is 368 g/mol.